The molecule has 3 N–H and O–H groups in total. The molecule has 0 aromatic carbocycles. The Morgan fingerprint density at radius 2 is 2.00 bits per heavy atom. The second-order valence-electron chi connectivity index (χ2n) is 4.53. The molecule has 0 rings (SSSR count). The summed E-state index contributed by atoms with van der Waals surface area (Å²) in [5.41, 5.74) is 5.36. The summed E-state index contributed by atoms with van der Waals surface area (Å²) in [6.45, 7) is 7.15. The van der Waals surface area contributed by atoms with Gasteiger partial charge < -0.3 is 15.8 Å². The lowest BCUT2D eigenvalue weighted by atomic mass is 10.1. The number of ether oxygens (including phenoxy) is 1. The Labute approximate surface area is 105 Å². The van der Waals surface area contributed by atoms with E-state index in [-0.39, 0.29) is 30.5 Å². The van der Waals surface area contributed by atoms with Gasteiger partial charge in [0.05, 0.1) is 0 Å². The van der Waals surface area contributed by atoms with E-state index < -0.39 is 0 Å². The van der Waals surface area contributed by atoms with Gasteiger partial charge in [-0.2, -0.15) is 0 Å². The summed E-state index contributed by atoms with van der Waals surface area (Å²) >= 11 is 0. The molecule has 0 heterocycles. The molecule has 0 aliphatic carbocycles. The highest BCUT2D eigenvalue weighted by molar-refractivity contribution is 5.85. The maximum absolute atomic E-state index is 11.2. The van der Waals surface area contributed by atoms with Crippen LogP contribution < -0.4 is 11.1 Å². The third-order valence-electron chi connectivity index (χ3n) is 1.87. The SMILES string of the molecule is CCCCCOCC(=O)NCC(C)(C)N.Cl. The van der Waals surface area contributed by atoms with Crippen molar-refractivity contribution in [2.45, 2.75) is 45.6 Å². The van der Waals surface area contributed by atoms with Crippen LogP contribution in [0.1, 0.15) is 40.0 Å². The van der Waals surface area contributed by atoms with Crippen LogP contribution in [0.5, 0.6) is 0 Å². The first kappa shape index (κ1) is 18.1. The Bertz CT molecular complexity index is 181. The lowest BCUT2D eigenvalue weighted by Gasteiger charge is -2.18. The molecule has 0 atom stereocenters. The summed E-state index contributed by atoms with van der Waals surface area (Å²) in [4.78, 5) is 11.2. The van der Waals surface area contributed by atoms with E-state index in [0.29, 0.717) is 13.2 Å². The Balaban J connectivity index is 0. The molecule has 98 valence electrons. The van der Waals surface area contributed by atoms with Crippen molar-refractivity contribution in [2.75, 3.05) is 19.8 Å². The van der Waals surface area contributed by atoms with Gasteiger partial charge in [0.15, 0.2) is 0 Å². The first-order chi connectivity index (χ1) is 6.95. The van der Waals surface area contributed by atoms with Gasteiger partial charge in [0.2, 0.25) is 5.91 Å². The minimum absolute atomic E-state index is 0. The first-order valence-corrected chi connectivity index (χ1v) is 5.59. The number of unbranched alkanes of at least 4 members (excludes halogenated alkanes) is 2. The van der Waals surface area contributed by atoms with E-state index in [1.807, 2.05) is 13.8 Å². The van der Waals surface area contributed by atoms with Crippen LogP contribution in [-0.4, -0.2) is 31.2 Å². The van der Waals surface area contributed by atoms with Crippen LogP contribution in [0.25, 0.3) is 0 Å². The van der Waals surface area contributed by atoms with Crippen molar-refractivity contribution in [3.05, 3.63) is 0 Å². The summed E-state index contributed by atoms with van der Waals surface area (Å²) < 4.78 is 5.21. The summed E-state index contributed by atoms with van der Waals surface area (Å²) in [5, 5.41) is 2.72. The van der Waals surface area contributed by atoms with E-state index >= 15 is 0 Å². The van der Waals surface area contributed by atoms with Gasteiger partial charge >= 0.3 is 0 Å². The van der Waals surface area contributed by atoms with E-state index in [0.717, 1.165) is 19.3 Å². The molecule has 0 radical (unpaired) electrons. The molecule has 0 aliphatic heterocycles. The van der Waals surface area contributed by atoms with Crippen molar-refractivity contribution in [3.8, 4) is 0 Å². The summed E-state index contributed by atoms with van der Waals surface area (Å²) in [6.07, 6.45) is 3.33. The molecule has 0 aliphatic rings. The maximum Gasteiger partial charge on any atom is 0.246 e. The molecule has 0 fully saturated rings. The average Bonchev–Trinajstić information content (AvgIpc) is 2.13. The minimum atomic E-state index is -0.363. The second-order valence-corrected chi connectivity index (χ2v) is 4.53. The normalized spacial score (nSPS) is 10.8. The quantitative estimate of drug-likeness (QED) is 0.643. The van der Waals surface area contributed by atoms with Crippen molar-refractivity contribution in [1.82, 2.24) is 5.32 Å². The number of halogens is 1. The van der Waals surface area contributed by atoms with Gasteiger partial charge in [0.25, 0.3) is 0 Å². The Kier molecular flexibility index (Phi) is 11.1. The number of hydrogen-bond donors (Lipinski definition) is 2. The van der Waals surface area contributed by atoms with Gasteiger partial charge in [0, 0.05) is 18.7 Å². The molecule has 0 bridgehead atoms. The van der Waals surface area contributed by atoms with E-state index in [2.05, 4.69) is 12.2 Å². The van der Waals surface area contributed by atoms with Crippen LogP contribution in [-0.2, 0) is 9.53 Å². The Morgan fingerprint density at radius 1 is 1.38 bits per heavy atom. The van der Waals surface area contributed by atoms with Crippen LogP contribution in [0.2, 0.25) is 0 Å². The third kappa shape index (κ3) is 13.7. The summed E-state index contributed by atoms with van der Waals surface area (Å²) in [7, 11) is 0. The third-order valence-corrected chi connectivity index (χ3v) is 1.87. The van der Waals surface area contributed by atoms with Crippen molar-refractivity contribution in [3.63, 3.8) is 0 Å². The predicted octanol–water partition coefficient (Wildman–Crippen LogP) is 1.47. The largest absolute Gasteiger partial charge is 0.372 e. The fraction of sp³-hybridized carbons (Fsp3) is 0.909. The molecular weight excluding hydrogens is 228 g/mol. The standard InChI is InChI=1S/C11H24N2O2.ClH/c1-4-5-6-7-15-8-10(14)13-9-11(2,3)12;/h4-9,12H2,1-3H3,(H,13,14);1H. The fourth-order valence-corrected chi connectivity index (χ4v) is 0.996. The zero-order chi connectivity index (χ0) is 11.7. The molecular formula is C11H25ClN2O2. The number of carbonyl (C=O) groups excluding carboxylic acids is 1. The van der Waals surface area contributed by atoms with Crippen molar-refractivity contribution in [1.29, 1.82) is 0 Å². The molecule has 0 aromatic heterocycles. The van der Waals surface area contributed by atoms with Crippen LogP contribution in [0.4, 0.5) is 0 Å². The van der Waals surface area contributed by atoms with Crippen molar-refractivity contribution < 1.29 is 9.53 Å². The van der Waals surface area contributed by atoms with E-state index in [4.69, 9.17) is 10.5 Å². The van der Waals surface area contributed by atoms with Gasteiger partial charge in [-0.05, 0) is 20.3 Å². The number of amides is 1. The molecule has 0 unspecified atom stereocenters. The Morgan fingerprint density at radius 3 is 2.50 bits per heavy atom. The fourth-order valence-electron chi connectivity index (χ4n) is 0.996. The molecule has 0 saturated heterocycles. The van der Waals surface area contributed by atoms with Gasteiger partial charge in [0.1, 0.15) is 6.61 Å². The molecule has 0 aromatic rings. The van der Waals surface area contributed by atoms with Crippen LogP contribution >= 0.6 is 12.4 Å². The van der Waals surface area contributed by atoms with Crippen LogP contribution in [0.15, 0.2) is 0 Å². The van der Waals surface area contributed by atoms with E-state index in [1.54, 1.807) is 0 Å². The smallest absolute Gasteiger partial charge is 0.246 e. The average molecular weight is 253 g/mol. The lowest BCUT2D eigenvalue weighted by Crippen LogP contribution is -2.46. The Hall–Kier alpha value is -0.320. The van der Waals surface area contributed by atoms with Gasteiger partial charge in [-0.3, -0.25) is 4.79 Å². The highest BCUT2D eigenvalue weighted by atomic mass is 35.5. The molecule has 0 saturated carbocycles. The highest BCUT2D eigenvalue weighted by Gasteiger charge is 2.11. The number of nitrogens with two attached hydrogens (primary N) is 1. The topological polar surface area (TPSA) is 64.3 Å². The van der Waals surface area contributed by atoms with Gasteiger partial charge in [-0.25, -0.2) is 0 Å². The van der Waals surface area contributed by atoms with Gasteiger partial charge in [-0.1, -0.05) is 19.8 Å². The zero-order valence-corrected chi connectivity index (χ0v) is 11.4. The van der Waals surface area contributed by atoms with Crippen LogP contribution in [0.3, 0.4) is 0 Å². The van der Waals surface area contributed by atoms with Gasteiger partial charge in [-0.15, -0.1) is 12.4 Å². The number of hydrogen-bond acceptors (Lipinski definition) is 3. The molecule has 4 nitrogen and oxygen atoms in total. The molecule has 16 heavy (non-hydrogen) atoms. The lowest BCUT2D eigenvalue weighted by molar-refractivity contribution is -0.125. The zero-order valence-electron chi connectivity index (χ0n) is 10.5. The van der Waals surface area contributed by atoms with Crippen LogP contribution in [0, 0.1) is 0 Å². The highest BCUT2D eigenvalue weighted by Crippen LogP contribution is 1.94. The predicted molar refractivity (Wildman–Crippen MR) is 68.9 cm³/mol. The summed E-state index contributed by atoms with van der Waals surface area (Å²) in [5.74, 6) is -0.0926. The maximum atomic E-state index is 11.2. The molecule has 5 heteroatoms. The molecule has 0 spiro atoms. The number of nitrogens with one attached hydrogen (secondary N) is 1. The second kappa shape index (κ2) is 9.87. The van der Waals surface area contributed by atoms with E-state index in [1.165, 1.54) is 0 Å². The number of rotatable bonds is 8. The molecule has 1 amide bonds. The monoisotopic (exact) mass is 252 g/mol. The minimum Gasteiger partial charge on any atom is -0.372 e. The summed E-state index contributed by atoms with van der Waals surface area (Å²) in [6, 6.07) is 0. The van der Waals surface area contributed by atoms with E-state index in [9.17, 15) is 4.79 Å². The van der Waals surface area contributed by atoms with Crippen molar-refractivity contribution >= 4 is 18.3 Å². The van der Waals surface area contributed by atoms with Crippen molar-refractivity contribution in [2.24, 2.45) is 5.73 Å². The number of carbonyl (C=O) groups is 1. The first-order valence-electron chi connectivity index (χ1n) is 5.59.